The summed E-state index contributed by atoms with van der Waals surface area (Å²) in [6.07, 6.45) is 0.481. The van der Waals surface area contributed by atoms with E-state index in [2.05, 4.69) is 0 Å². The zero-order chi connectivity index (χ0) is 8.15. The Morgan fingerprint density at radius 1 is 1.70 bits per heavy atom. The summed E-state index contributed by atoms with van der Waals surface area (Å²) in [7, 11) is 0. The highest BCUT2D eigenvalue weighted by Crippen LogP contribution is 2.06. The van der Waals surface area contributed by atoms with Crippen LogP contribution >= 0.6 is 0 Å². The van der Waals surface area contributed by atoms with Crippen LogP contribution in [0.25, 0.3) is 0 Å². The molecule has 0 aromatic heterocycles. The Morgan fingerprint density at radius 3 is 2.30 bits per heavy atom. The number of nitriles is 1. The van der Waals surface area contributed by atoms with Gasteiger partial charge in [0.25, 0.3) is 0 Å². The highest BCUT2D eigenvalue weighted by molar-refractivity contribution is 5.87. The number of carbonyl (C=O) groups is 1. The molecule has 1 N–H and O–H groups in total. The van der Waals surface area contributed by atoms with E-state index in [4.69, 9.17) is 10.4 Å². The second-order valence-electron chi connectivity index (χ2n) is 1.87. The molecule has 0 rings (SSSR count). The van der Waals surface area contributed by atoms with Crippen molar-refractivity contribution in [1.29, 1.82) is 5.26 Å². The normalized spacial score (nSPS) is 11.7. The summed E-state index contributed by atoms with van der Waals surface area (Å²) >= 11 is 0. The van der Waals surface area contributed by atoms with E-state index in [0.29, 0.717) is 12.0 Å². The monoisotopic (exact) mass is 139 g/mol. The number of nitrogens with zero attached hydrogens (tertiary/aromatic N) is 1. The molecule has 0 aromatic rings. The Kier molecular flexibility index (Phi) is 3.20. The molecule has 0 bridgehead atoms. The van der Waals surface area contributed by atoms with Gasteiger partial charge in [0, 0.05) is 11.1 Å². The molecule has 0 saturated heterocycles. The predicted molar refractivity (Wildman–Crippen MR) is 36.2 cm³/mol. The smallest absolute Gasteiger partial charge is 0.332 e. The second kappa shape index (κ2) is 3.67. The van der Waals surface area contributed by atoms with E-state index < -0.39 is 5.97 Å². The Balaban J connectivity index is 4.65. The standard InChI is InChI=1S/C7H9NO2/c1-3-6(4-8)5(2)7(9)10/h3H2,1-2H3,(H,9,10). The van der Waals surface area contributed by atoms with Crippen LogP contribution in [0.5, 0.6) is 0 Å². The third-order valence-corrected chi connectivity index (χ3v) is 1.26. The summed E-state index contributed by atoms with van der Waals surface area (Å²) in [5.74, 6) is -1.02. The maximum atomic E-state index is 10.2. The molecule has 0 atom stereocenters. The molecule has 0 heterocycles. The minimum Gasteiger partial charge on any atom is -0.478 e. The van der Waals surface area contributed by atoms with Crippen LogP contribution in [-0.2, 0) is 4.79 Å². The fraction of sp³-hybridized carbons (Fsp3) is 0.429. The van der Waals surface area contributed by atoms with Crippen molar-refractivity contribution in [3.05, 3.63) is 11.1 Å². The second-order valence-corrected chi connectivity index (χ2v) is 1.87. The van der Waals surface area contributed by atoms with Gasteiger partial charge in [0.15, 0.2) is 0 Å². The third kappa shape index (κ3) is 1.90. The molecule has 3 nitrogen and oxygen atoms in total. The molecule has 0 fully saturated rings. The van der Waals surface area contributed by atoms with Crippen molar-refractivity contribution in [2.45, 2.75) is 20.3 Å². The Labute approximate surface area is 59.6 Å². The molecule has 0 aliphatic carbocycles. The van der Waals surface area contributed by atoms with Gasteiger partial charge in [0.2, 0.25) is 0 Å². The van der Waals surface area contributed by atoms with Gasteiger partial charge in [-0.15, -0.1) is 0 Å². The fourth-order valence-corrected chi connectivity index (χ4v) is 0.557. The van der Waals surface area contributed by atoms with E-state index in [0.717, 1.165) is 0 Å². The molecule has 3 heteroatoms. The molecule has 0 aliphatic heterocycles. The zero-order valence-electron chi connectivity index (χ0n) is 6.01. The maximum Gasteiger partial charge on any atom is 0.332 e. The van der Waals surface area contributed by atoms with Gasteiger partial charge in [0.1, 0.15) is 0 Å². The van der Waals surface area contributed by atoms with Gasteiger partial charge in [-0.3, -0.25) is 0 Å². The first-order valence-corrected chi connectivity index (χ1v) is 2.96. The SMILES string of the molecule is CCC(C#N)=C(C)C(=O)O. The molecule has 0 amide bonds. The van der Waals surface area contributed by atoms with Gasteiger partial charge in [0.05, 0.1) is 6.07 Å². The first-order chi connectivity index (χ1) is 4.63. The van der Waals surface area contributed by atoms with Gasteiger partial charge in [-0.05, 0) is 13.3 Å². The van der Waals surface area contributed by atoms with Gasteiger partial charge < -0.3 is 5.11 Å². The largest absolute Gasteiger partial charge is 0.478 e. The summed E-state index contributed by atoms with van der Waals surface area (Å²) < 4.78 is 0. The minimum atomic E-state index is -1.02. The molecule has 10 heavy (non-hydrogen) atoms. The molecule has 0 unspecified atom stereocenters. The molecule has 54 valence electrons. The maximum absolute atomic E-state index is 10.2. The topological polar surface area (TPSA) is 61.1 Å². The van der Waals surface area contributed by atoms with Crippen LogP contribution in [-0.4, -0.2) is 11.1 Å². The summed E-state index contributed by atoms with van der Waals surface area (Å²) in [4.78, 5) is 10.2. The van der Waals surface area contributed by atoms with Crippen molar-refractivity contribution in [3.8, 4) is 6.07 Å². The van der Waals surface area contributed by atoms with Crippen molar-refractivity contribution in [1.82, 2.24) is 0 Å². The summed E-state index contributed by atoms with van der Waals surface area (Å²) in [5, 5.41) is 16.8. The lowest BCUT2D eigenvalue weighted by molar-refractivity contribution is -0.132. The average Bonchev–Trinajstić information content (AvgIpc) is 1.90. The molecule has 0 aliphatic rings. The van der Waals surface area contributed by atoms with Gasteiger partial charge in [-0.25, -0.2) is 4.79 Å². The van der Waals surface area contributed by atoms with Crippen molar-refractivity contribution in [3.63, 3.8) is 0 Å². The number of carboxylic acid groups (broad SMARTS) is 1. The quantitative estimate of drug-likeness (QED) is 0.463. The summed E-state index contributed by atoms with van der Waals surface area (Å²) in [6.45, 7) is 3.19. The Morgan fingerprint density at radius 2 is 2.20 bits per heavy atom. The van der Waals surface area contributed by atoms with Crippen LogP contribution < -0.4 is 0 Å². The highest BCUT2D eigenvalue weighted by Gasteiger charge is 2.05. The lowest BCUT2D eigenvalue weighted by Crippen LogP contribution is -1.99. The number of allylic oxidation sites excluding steroid dienone is 1. The molecular weight excluding hydrogens is 130 g/mol. The molecule has 0 saturated carbocycles. The van der Waals surface area contributed by atoms with E-state index in [1.165, 1.54) is 6.92 Å². The number of aliphatic carboxylic acids is 1. The third-order valence-electron chi connectivity index (χ3n) is 1.26. The molecular formula is C7H9NO2. The molecule has 0 spiro atoms. The van der Waals surface area contributed by atoms with E-state index >= 15 is 0 Å². The molecule has 0 aromatic carbocycles. The average molecular weight is 139 g/mol. The lowest BCUT2D eigenvalue weighted by Gasteiger charge is -1.94. The lowest BCUT2D eigenvalue weighted by atomic mass is 10.1. The van der Waals surface area contributed by atoms with Gasteiger partial charge >= 0.3 is 5.97 Å². The zero-order valence-corrected chi connectivity index (χ0v) is 6.01. The van der Waals surface area contributed by atoms with E-state index in [9.17, 15) is 4.79 Å². The Bertz CT molecular complexity index is 210. The van der Waals surface area contributed by atoms with E-state index in [-0.39, 0.29) is 5.57 Å². The Hall–Kier alpha value is -1.30. The highest BCUT2D eigenvalue weighted by atomic mass is 16.4. The van der Waals surface area contributed by atoms with Crippen molar-refractivity contribution in [2.75, 3.05) is 0 Å². The van der Waals surface area contributed by atoms with Crippen LogP contribution in [0.4, 0.5) is 0 Å². The van der Waals surface area contributed by atoms with Crippen molar-refractivity contribution >= 4 is 5.97 Å². The van der Waals surface area contributed by atoms with Crippen LogP contribution in [0.3, 0.4) is 0 Å². The minimum absolute atomic E-state index is 0.144. The van der Waals surface area contributed by atoms with Crippen LogP contribution in [0.15, 0.2) is 11.1 Å². The molecule has 0 radical (unpaired) electrons. The number of rotatable bonds is 2. The first-order valence-electron chi connectivity index (χ1n) is 2.96. The van der Waals surface area contributed by atoms with Crippen LogP contribution in [0, 0.1) is 11.3 Å². The first kappa shape index (κ1) is 8.70. The van der Waals surface area contributed by atoms with Crippen LogP contribution in [0.1, 0.15) is 20.3 Å². The number of hydrogen-bond donors (Lipinski definition) is 1. The summed E-state index contributed by atoms with van der Waals surface area (Å²) in [6, 6.07) is 1.83. The van der Waals surface area contributed by atoms with Crippen molar-refractivity contribution in [2.24, 2.45) is 0 Å². The number of carboxylic acids is 1. The van der Waals surface area contributed by atoms with E-state index in [1.807, 2.05) is 6.07 Å². The summed E-state index contributed by atoms with van der Waals surface area (Å²) in [5.41, 5.74) is 0.484. The predicted octanol–water partition coefficient (Wildman–Crippen LogP) is 1.32. The fourth-order valence-electron chi connectivity index (χ4n) is 0.557. The van der Waals surface area contributed by atoms with Gasteiger partial charge in [-0.1, -0.05) is 6.92 Å². The van der Waals surface area contributed by atoms with Gasteiger partial charge in [-0.2, -0.15) is 5.26 Å². The van der Waals surface area contributed by atoms with E-state index in [1.54, 1.807) is 6.92 Å². The van der Waals surface area contributed by atoms with Crippen molar-refractivity contribution < 1.29 is 9.90 Å². The number of hydrogen-bond acceptors (Lipinski definition) is 2. The van der Waals surface area contributed by atoms with Crippen LogP contribution in [0.2, 0.25) is 0 Å².